The van der Waals surface area contributed by atoms with Crippen LogP contribution >= 0.6 is 23.2 Å². The molecule has 1 saturated heterocycles. The van der Waals surface area contributed by atoms with Crippen molar-refractivity contribution in [1.29, 1.82) is 0 Å². The maximum atomic E-state index is 11.8. The maximum absolute atomic E-state index is 11.8. The minimum atomic E-state index is -0.289. The number of alkyl halides is 1. The van der Waals surface area contributed by atoms with E-state index in [0.717, 1.165) is 25.9 Å². The molecule has 6 heteroatoms. The Morgan fingerprint density at radius 3 is 2.70 bits per heavy atom. The number of halogens is 2. The molecule has 0 saturated carbocycles. The van der Waals surface area contributed by atoms with E-state index in [1.807, 2.05) is 17.1 Å². The number of amidine groups is 1. The summed E-state index contributed by atoms with van der Waals surface area (Å²) in [6, 6.07) is -0.289. The van der Waals surface area contributed by atoms with Crippen LogP contribution in [-0.4, -0.2) is 41.0 Å². The van der Waals surface area contributed by atoms with Crippen molar-refractivity contribution in [3.63, 3.8) is 0 Å². The van der Waals surface area contributed by atoms with Gasteiger partial charge in [-0.2, -0.15) is 5.10 Å². The standard InChI is InChI=1S/C14H19Cl2N3O/c1-10(20)14(19-8-3-2-4-9-19)18-17-13-11(15)6-5-7-12(13)16/h5-7,11,13,17H,2-4,8-9H2,1H3. The van der Waals surface area contributed by atoms with Gasteiger partial charge in [0.25, 0.3) is 0 Å². The van der Waals surface area contributed by atoms with E-state index in [0.29, 0.717) is 10.9 Å². The Kier molecular flexibility index (Phi) is 5.49. The average Bonchev–Trinajstić information content (AvgIpc) is 2.43. The predicted molar refractivity (Wildman–Crippen MR) is 83.2 cm³/mol. The molecule has 0 spiro atoms. The van der Waals surface area contributed by atoms with E-state index in [-0.39, 0.29) is 17.2 Å². The highest BCUT2D eigenvalue weighted by Crippen LogP contribution is 2.21. The molecule has 2 aliphatic rings. The van der Waals surface area contributed by atoms with E-state index in [2.05, 4.69) is 10.5 Å². The number of carbonyl (C=O) groups is 1. The fourth-order valence-corrected chi connectivity index (χ4v) is 2.96. The van der Waals surface area contributed by atoms with Crippen LogP contribution in [0.15, 0.2) is 28.4 Å². The molecule has 2 rings (SSSR count). The Hall–Kier alpha value is -1.00. The summed E-state index contributed by atoms with van der Waals surface area (Å²) in [7, 11) is 0. The van der Waals surface area contributed by atoms with Crippen molar-refractivity contribution in [3.05, 3.63) is 23.3 Å². The first-order valence-corrected chi connectivity index (χ1v) is 7.68. The van der Waals surface area contributed by atoms with Crippen LogP contribution in [0.3, 0.4) is 0 Å². The molecule has 0 radical (unpaired) electrons. The minimum Gasteiger partial charge on any atom is -0.352 e. The molecule has 4 nitrogen and oxygen atoms in total. The molecule has 2 unspecified atom stereocenters. The molecule has 1 fully saturated rings. The molecule has 0 aromatic carbocycles. The highest BCUT2D eigenvalue weighted by molar-refractivity contribution is 6.37. The summed E-state index contributed by atoms with van der Waals surface area (Å²) in [5, 5.41) is 4.59. The SMILES string of the molecule is CC(=O)C(=NNC1C(Cl)=CC=CC1Cl)N1CCCCC1. The maximum Gasteiger partial charge on any atom is 0.196 e. The van der Waals surface area contributed by atoms with Crippen molar-refractivity contribution in [3.8, 4) is 0 Å². The fourth-order valence-electron chi connectivity index (χ4n) is 2.36. The Morgan fingerprint density at radius 2 is 2.10 bits per heavy atom. The lowest BCUT2D eigenvalue weighted by molar-refractivity contribution is -0.111. The number of piperidine rings is 1. The molecule has 110 valence electrons. The number of allylic oxidation sites excluding steroid dienone is 2. The quantitative estimate of drug-likeness (QED) is 0.377. The van der Waals surface area contributed by atoms with Crippen LogP contribution in [0.4, 0.5) is 0 Å². The van der Waals surface area contributed by atoms with Crippen molar-refractivity contribution in [1.82, 2.24) is 10.3 Å². The van der Waals surface area contributed by atoms with Crippen molar-refractivity contribution in [2.24, 2.45) is 5.10 Å². The van der Waals surface area contributed by atoms with Gasteiger partial charge in [0.1, 0.15) is 0 Å². The summed E-state index contributed by atoms with van der Waals surface area (Å²) in [5.41, 5.74) is 2.94. The molecule has 1 heterocycles. The van der Waals surface area contributed by atoms with Crippen LogP contribution in [0.2, 0.25) is 0 Å². The highest BCUT2D eigenvalue weighted by Gasteiger charge is 2.24. The number of hydrogen-bond acceptors (Lipinski definition) is 3. The lowest BCUT2D eigenvalue weighted by Crippen LogP contribution is -2.43. The van der Waals surface area contributed by atoms with Gasteiger partial charge in [-0.1, -0.05) is 23.8 Å². The van der Waals surface area contributed by atoms with E-state index in [4.69, 9.17) is 23.2 Å². The number of rotatable bonds is 3. The zero-order valence-corrected chi connectivity index (χ0v) is 13.0. The Labute approximate surface area is 129 Å². The lowest BCUT2D eigenvalue weighted by atomic mass is 10.1. The van der Waals surface area contributed by atoms with Gasteiger partial charge in [0, 0.05) is 25.0 Å². The number of carbonyl (C=O) groups excluding carboxylic acids is 1. The summed E-state index contributed by atoms with van der Waals surface area (Å²) < 4.78 is 0. The number of nitrogens with one attached hydrogen (secondary N) is 1. The lowest BCUT2D eigenvalue weighted by Gasteiger charge is -2.29. The molecule has 1 aliphatic carbocycles. The topological polar surface area (TPSA) is 44.7 Å². The van der Waals surface area contributed by atoms with Gasteiger partial charge in [-0.3, -0.25) is 10.2 Å². The Balaban J connectivity index is 2.07. The van der Waals surface area contributed by atoms with E-state index in [1.54, 1.807) is 6.08 Å². The van der Waals surface area contributed by atoms with Gasteiger partial charge in [0.05, 0.1) is 11.4 Å². The van der Waals surface area contributed by atoms with Crippen LogP contribution < -0.4 is 5.43 Å². The van der Waals surface area contributed by atoms with Gasteiger partial charge < -0.3 is 4.90 Å². The van der Waals surface area contributed by atoms with Crippen molar-refractivity contribution >= 4 is 34.8 Å². The first-order chi connectivity index (χ1) is 9.59. The van der Waals surface area contributed by atoms with Crippen LogP contribution in [0.25, 0.3) is 0 Å². The van der Waals surface area contributed by atoms with E-state index in [1.165, 1.54) is 13.3 Å². The largest absolute Gasteiger partial charge is 0.352 e. The van der Waals surface area contributed by atoms with Crippen molar-refractivity contribution in [2.75, 3.05) is 13.1 Å². The monoisotopic (exact) mass is 315 g/mol. The molecule has 1 N–H and O–H groups in total. The summed E-state index contributed by atoms with van der Waals surface area (Å²) >= 11 is 12.3. The molecule has 20 heavy (non-hydrogen) atoms. The third kappa shape index (κ3) is 3.76. The Bertz CT molecular complexity index is 453. The molecule has 0 aromatic rings. The van der Waals surface area contributed by atoms with E-state index >= 15 is 0 Å². The fraction of sp³-hybridized carbons (Fsp3) is 0.571. The third-order valence-corrected chi connectivity index (χ3v) is 4.20. The van der Waals surface area contributed by atoms with Crippen LogP contribution in [0.1, 0.15) is 26.2 Å². The summed E-state index contributed by atoms with van der Waals surface area (Å²) in [4.78, 5) is 13.8. The molecular formula is C14H19Cl2N3O. The normalized spacial score (nSPS) is 27.2. The second-order valence-corrected chi connectivity index (χ2v) is 5.97. The number of nitrogens with zero attached hydrogens (tertiary/aromatic N) is 2. The number of hydrazone groups is 1. The highest BCUT2D eigenvalue weighted by atomic mass is 35.5. The third-order valence-electron chi connectivity index (χ3n) is 3.45. The van der Waals surface area contributed by atoms with Gasteiger partial charge in [0.2, 0.25) is 0 Å². The first kappa shape index (κ1) is 15.4. The second-order valence-electron chi connectivity index (χ2n) is 5.03. The van der Waals surface area contributed by atoms with Gasteiger partial charge in [-0.05, 0) is 25.3 Å². The van der Waals surface area contributed by atoms with E-state index < -0.39 is 0 Å². The number of Topliss-reactive ketones (excluding diaryl/α,β-unsaturated/α-hetero) is 1. The predicted octanol–water partition coefficient (Wildman–Crippen LogP) is 2.63. The summed E-state index contributed by atoms with van der Waals surface area (Å²) in [5.74, 6) is 0.421. The van der Waals surface area contributed by atoms with Crippen molar-refractivity contribution < 1.29 is 4.79 Å². The van der Waals surface area contributed by atoms with Crippen LogP contribution in [0.5, 0.6) is 0 Å². The molecule has 1 aliphatic heterocycles. The summed E-state index contributed by atoms with van der Waals surface area (Å²) in [6.45, 7) is 3.28. The molecule has 0 bridgehead atoms. The van der Waals surface area contributed by atoms with Gasteiger partial charge in [-0.25, -0.2) is 0 Å². The smallest absolute Gasteiger partial charge is 0.196 e. The molecule has 2 atom stereocenters. The second kappa shape index (κ2) is 7.14. The average molecular weight is 316 g/mol. The van der Waals surface area contributed by atoms with Gasteiger partial charge in [-0.15, -0.1) is 11.6 Å². The zero-order chi connectivity index (χ0) is 14.5. The minimum absolute atomic E-state index is 0.0445. The zero-order valence-electron chi connectivity index (χ0n) is 11.5. The number of hydrogen-bond donors (Lipinski definition) is 1. The van der Waals surface area contributed by atoms with Crippen LogP contribution in [-0.2, 0) is 4.79 Å². The van der Waals surface area contributed by atoms with E-state index in [9.17, 15) is 4.79 Å². The molecule has 0 amide bonds. The number of likely N-dealkylation sites (tertiary alicyclic amines) is 1. The molecular weight excluding hydrogens is 297 g/mol. The van der Waals surface area contributed by atoms with Gasteiger partial charge in [0.15, 0.2) is 11.6 Å². The first-order valence-electron chi connectivity index (χ1n) is 6.86. The molecule has 0 aromatic heterocycles. The summed E-state index contributed by atoms with van der Waals surface area (Å²) in [6.07, 6.45) is 8.84. The van der Waals surface area contributed by atoms with Gasteiger partial charge >= 0.3 is 0 Å². The van der Waals surface area contributed by atoms with Crippen LogP contribution in [0, 0.1) is 0 Å². The Morgan fingerprint density at radius 1 is 1.40 bits per heavy atom. The van der Waals surface area contributed by atoms with Crippen molar-refractivity contribution in [2.45, 2.75) is 37.6 Å². The number of ketones is 1.